The predicted octanol–water partition coefficient (Wildman–Crippen LogP) is 2.00. The molecule has 0 atom stereocenters. The Bertz CT molecular complexity index is 1180. The first-order valence-corrected chi connectivity index (χ1v) is 9.83. The number of nitrogens with one attached hydrogen (secondary N) is 2. The molecule has 3 rings (SSSR count). The van der Waals surface area contributed by atoms with Crippen LogP contribution in [0.2, 0.25) is 0 Å². The second-order valence-electron chi connectivity index (χ2n) is 7.28. The lowest BCUT2D eigenvalue weighted by atomic mass is 10.1. The molecule has 0 unspecified atom stereocenters. The van der Waals surface area contributed by atoms with Gasteiger partial charge in [0.15, 0.2) is 0 Å². The Morgan fingerprint density at radius 2 is 2.10 bits per heavy atom. The van der Waals surface area contributed by atoms with Crippen LogP contribution in [-0.2, 0) is 11.3 Å². The van der Waals surface area contributed by atoms with Crippen LogP contribution in [0.25, 0.3) is 16.7 Å². The number of aryl methyl sites for hydroxylation is 2. The molecular formula is C21H27N5O3. The van der Waals surface area contributed by atoms with Gasteiger partial charge in [0.05, 0.1) is 10.9 Å². The van der Waals surface area contributed by atoms with Gasteiger partial charge in [0.1, 0.15) is 16.8 Å². The van der Waals surface area contributed by atoms with E-state index in [0.717, 1.165) is 5.56 Å². The number of pyridine rings is 2. The van der Waals surface area contributed by atoms with Crippen LogP contribution >= 0.6 is 0 Å². The topological polar surface area (TPSA) is 101 Å². The van der Waals surface area contributed by atoms with E-state index in [1.54, 1.807) is 16.8 Å². The van der Waals surface area contributed by atoms with E-state index in [9.17, 15) is 9.59 Å². The van der Waals surface area contributed by atoms with Crippen LogP contribution in [-0.4, -0.2) is 39.1 Å². The van der Waals surface area contributed by atoms with Gasteiger partial charge < -0.3 is 14.6 Å². The summed E-state index contributed by atoms with van der Waals surface area (Å²) < 4.78 is 8.53. The molecule has 3 aromatic rings. The van der Waals surface area contributed by atoms with Crippen molar-refractivity contribution < 1.29 is 9.53 Å². The highest BCUT2D eigenvalue weighted by Crippen LogP contribution is 2.13. The smallest absolute Gasteiger partial charge is 0.267 e. The van der Waals surface area contributed by atoms with Crippen LogP contribution in [0.1, 0.15) is 43.1 Å². The molecule has 0 aliphatic heterocycles. The second-order valence-corrected chi connectivity index (χ2v) is 7.28. The Labute approximate surface area is 168 Å². The fourth-order valence-corrected chi connectivity index (χ4v) is 3.30. The maximum absolute atomic E-state index is 13.2. The maximum Gasteiger partial charge on any atom is 0.267 e. The summed E-state index contributed by atoms with van der Waals surface area (Å²) in [5.74, 6) is -0.376. The molecule has 0 fully saturated rings. The third kappa shape index (κ3) is 4.07. The molecule has 3 heterocycles. The third-order valence-corrected chi connectivity index (χ3v) is 4.67. The summed E-state index contributed by atoms with van der Waals surface area (Å²) in [5, 5.41) is 11.8. The van der Waals surface area contributed by atoms with Crippen molar-refractivity contribution >= 4 is 22.6 Å². The summed E-state index contributed by atoms with van der Waals surface area (Å²) in [6.45, 7) is 9.08. The summed E-state index contributed by atoms with van der Waals surface area (Å²) in [6, 6.07) is 5.08. The molecule has 0 saturated heterocycles. The number of hydrogen-bond donors (Lipinski definition) is 2. The Balaban J connectivity index is 2.29. The minimum absolute atomic E-state index is 0.0389. The van der Waals surface area contributed by atoms with Gasteiger partial charge in [-0.05, 0) is 51.8 Å². The van der Waals surface area contributed by atoms with E-state index >= 15 is 0 Å². The number of nitrogens with zero attached hydrogens (tertiary/aromatic N) is 3. The van der Waals surface area contributed by atoms with Gasteiger partial charge in [-0.2, -0.15) is 0 Å². The van der Waals surface area contributed by atoms with Gasteiger partial charge in [-0.1, -0.05) is 6.07 Å². The van der Waals surface area contributed by atoms with Gasteiger partial charge in [0, 0.05) is 32.0 Å². The van der Waals surface area contributed by atoms with Crippen molar-refractivity contribution in [3.63, 3.8) is 0 Å². The maximum atomic E-state index is 13.2. The molecule has 154 valence electrons. The van der Waals surface area contributed by atoms with Gasteiger partial charge in [-0.25, -0.2) is 4.98 Å². The fourth-order valence-electron chi connectivity index (χ4n) is 3.30. The number of hydrogen-bond acceptors (Lipinski definition) is 5. The van der Waals surface area contributed by atoms with E-state index in [1.165, 1.54) is 10.5 Å². The van der Waals surface area contributed by atoms with Gasteiger partial charge in [-0.15, -0.1) is 0 Å². The van der Waals surface area contributed by atoms with Crippen LogP contribution < -0.4 is 16.4 Å². The largest absolute Gasteiger partial charge is 0.382 e. The summed E-state index contributed by atoms with van der Waals surface area (Å²) in [4.78, 5) is 30.5. The zero-order valence-corrected chi connectivity index (χ0v) is 17.3. The first-order chi connectivity index (χ1) is 13.8. The minimum Gasteiger partial charge on any atom is -0.382 e. The highest BCUT2D eigenvalue weighted by Gasteiger charge is 2.18. The number of ether oxygens (including phenoxy) is 1. The predicted molar refractivity (Wildman–Crippen MR) is 111 cm³/mol. The van der Waals surface area contributed by atoms with Crippen LogP contribution in [0.3, 0.4) is 0 Å². The van der Waals surface area contributed by atoms with E-state index in [-0.39, 0.29) is 28.6 Å². The van der Waals surface area contributed by atoms with Crippen molar-refractivity contribution in [1.82, 2.24) is 19.3 Å². The summed E-state index contributed by atoms with van der Waals surface area (Å²) in [7, 11) is 0. The first-order valence-electron chi connectivity index (χ1n) is 9.83. The number of fused-ring (bicyclic) bond motifs is 2. The van der Waals surface area contributed by atoms with Crippen LogP contribution in [0.4, 0.5) is 0 Å². The monoisotopic (exact) mass is 397 g/mol. The van der Waals surface area contributed by atoms with E-state index in [1.807, 2.05) is 33.8 Å². The number of carbonyl (C=O) groups is 1. The molecule has 29 heavy (non-hydrogen) atoms. The molecule has 3 aromatic heterocycles. The Kier molecular flexibility index (Phi) is 6.12. The minimum atomic E-state index is -0.376. The van der Waals surface area contributed by atoms with Crippen molar-refractivity contribution in [3.8, 4) is 0 Å². The van der Waals surface area contributed by atoms with Crippen molar-refractivity contribution in [2.75, 3.05) is 13.2 Å². The highest BCUT2D eigenvalue weighted by atomic mass is 16.5. The lowest BCUT2D eigenvalue weighted by Gasteiger charge is -2.16. The molecule has 0 saturated carbocycles. The first kappa shape index (κ1) is 20.7. The van der Waals surface area contributed by atoms with E-state index in [0.29, 0.717) is 42.9 Å². The summed E-state index contributed by atoms with van der Waals surface area (Å²) in [6.07, 6.45) is 2.31. The Morgan fingerprint density at radius 1 is 1.34 bits per heavy atom. The zero-order chi connectivity index (χ0) is 21.1. The number of rotatable bonds is 7. The summed E-state index contributed by atoms with van der Waals surface area (Å²) >= 11 is 0. The standard InChI is InChI=1S/C21H27N5O3/c1-5-29-11-7-10-25-17(22)15(20(27)23-13(2)3)12-16-19(25)24-18-14(4)8-6-9-26(18)21(16)28/h6,8-9,12-13,22H,5,7,10-11H2,1-4H3,(H,23,27). The summed E-state index contributed by atoms with van der Waals surface area (Å²) in [5.41, 5.74) is 1.76. The van der Waals surface area contributed by atoms with Crippen molar-refractivity contribution in [2.24, 2.45) is 0 Å². The molecular weight excluding hydrogens is 370 g/mol. The molecule has 0 radical (unpaired) electrons. The van der Waals surface area contributed by atoms with Crippen molar-refractivity contribution in [3.05, 3.63) is 51.4 Å². The van der Waals surface area contributed by atoms with E-state index < -0.39 is 0 Å². The van der Waals surface area contributed by atoms with Crippen molar-refractivity contribution in [1.29, 1.82) is 5.41 Å². The molecule has 0 bridgehead atoms. The second kappa shape index (κ2) is 8.57. The fraction of sp³-hybridized carbons (Fsp3) is 0.429. The molecule has 8 heteroatoms. The molecule has 2 N–H and O–H groups in total. The van der Waals surface area contributed by atoms with E-state index in [4.69, 9.17) is 15.1 Å². The van der Waals surface area contributed by atoms with Crippen LogP contribution in [0.15, 0.2) is 29.2 Å². The number of aromatic nitrogens is 3. The average Bonchev–Trinajstić information content (AvgIpc) is 2.67. The Hall–Kier alpha value is -3.00. The average molecular weight is 397 g/mol. The zero-order valence-electron chi connectivity index (χ0n) is 17.3. The van der Waals surface area contributed by atoms with Crippen LogP contribution in [0.5, 0.6) is 0 Å². The molecule has 0 spiro atoms. The van der Waals surface area contributed by atoms with Crippen molar-refractivity contribution in [2.45, 2.75) is 46.7 Å². The molecule has 0 aliphatic rings. The van der Waals surface area contributed by atoms with Gasteiger partial charge in [-0.3, -0.25) is 19.4 Å². The molecule has 8 nitrogen and oxygen atoms in total. The molecule has 1 amide bonds. The highest BCUT2D eigenvalue weighted by molar-refractivity contribution is 5.97. The Morgan fingerprint density at radius 3 is 2.79 bits per heavy atom. The van der Waals surface area contributed by atoms with Gasteiger partial charge in [0.25, 0.3) is 11.5 Å². The van der Waals surface area contributed by atoms with Gasteiger partial charge >= 0.3 is 0 Å². The third-order valence-electron chi connectivity index (χ3n) is 4.67. The number of amides is 1. The van der Waals surface area contributed by atoms with E-state index in [2.05, 4.69) is 5.32 Å². The molecule has 0 aliphatic carbocycles. The molecule has 0 aromatic carbocycles. The normalized spacial score (nSPS) is 11.5. The number of carbonyl (C=O) groups excluding carboxylic acids is 1. The SMILES string of the molecule is CCOCCCn1c(=N)c(C(=O)NC(C)C)cc2c(=O)n3cccc(C)c3nc21. The quantitative estimate of drug-likeness (QED) is 0.470. The lowest BCUT2D eigenvalue weighted by molar-refractivity contribution is 0.0940. The van der Waals surface area contributed by atoms with Gasteiger partial charge in [0.2, 0.25) is 0 Å². The lowest BCUT2D eigenvalue weighted by Crippen LogP contribution is -2.37. The van der Waals surface area contributed by atoms with Crippen LogP contribution in [0, 0.1) is 12.3 Å².